The molecule has 0 bridgehead atoms. The fraction of sp³-hybridized carbons (Fsp3) is 0.235. The van der Waals surface area contributed by atoms with Crippen molar-refractivity contribution < 1.29 is 4.74 Å². The van der Waals surface area contributed by atoms with E-state index in [4.69, 9.17) is 4.74 Å². The number of fused-ring (bicyclic) bond motifs is 1. The fourth-order valence-electron chi connectivity index (χ4n) is 2.28. The molecule has 0 aliphatic rings. The molecule has 0 radical (unpaired) electrons. The van der Waals surface area contributed by atoms with E-state index in [1.165, 1.54) is 16.1 Å². The molecule has 3 nitrogen and oxygen atoms in total. The third-order valence-electron chi connectivity index (χ3n) is 3.26. The van der Waals surface area contributed by atoms with Gasteiger partial charge >= 0.3 is 0 Å². The van der Waals surface area contributed by atoms with Gasteiger partial charge < -0.3 is 4.74 Å². The minimum atomic E-state index is 0.559. The summed E-state index contributed by atoms with van der Waals surface area (Å²) in [6.07, 6.45) is 4.88. The van der Waals surface area contributed by atoms with Gasteiger partial charge in [-0.2, -0.15) is 0 Å². The summed E-state index contributed by atoms with van der Waals surface area (Å²) in [6, 6.07) is 8.24. The summed E-state index contributed by atoms with van der Waals surface area (Å²) in [5.41, 5.74) is 3.45. The number of nitrogens with zero attached hydrogens (tertiary/aromatic N) is 2. The highest BCUT2D eigenvalue weighted by atomic mass is 32.1. The van der Waals surface area contributed by atoms with Crippen molar-refractivity contribution in [3.8, 4) is 17.0 Å². The Hall–Kier alpha value is -2.07. The van der Waals surface area contributed by atoms with Crippen LogP contribution in [0, 0.1) is 0 Å². The molecule has 21 heavy (non-hydrogen) atoms. The van der Waals surface area contributed by atoms with Gasteiger partial charge in [0, 0.05) is 17.3 Å². The van der Waals surface area contributed by atoms with Crippen molar-refractivity contribution in [1.29, 1.82) is 0 Å². The maximum Gasteiger partial charge on any atom is 0.194 e. The van der Waals surface area contributed by atoms with Crippen molar-refractivity contribution in [3.63, 3.8) is 0 Å². The van der Waals surface area contributed by atoms with E-state index in [1.54, 1.807) is 11.3 Å². The molecule has 0 aliphatic carbocycles. The first-order valence-electron chi connectivity index (χ1n) is 7.01. The average molecular weight is 298 g/mol. The smallest absolute Gasteiger partial charge is 0.194 e. The second-order valence-electron chi connectivity index (χ2n) is 5.08. The molecule has 4 heteroatoms. The Bertz CT molecular complexity index is 768. The van der Waals surface area contributed by atoms with Crippen LogP contribution in [0.5, 0.6) is 5.75 Å². The third kappa shape index (κ3) is 2.72. The zero-order chi connectivity index (χ0) is 14.8. The summed E-state index contributed by atoms with van der Waals surface area (Å²) in [5.74, 6) is 0.872. The number of hydrogen-bond donors (Lipinski definition) is 0. The molecule has 3 rings (SSSR count). The van der Waals surface area contributed by atoms with Gasteiger partial charge in [-0.05, 0) is 48.7 Å². The molecule has 2 aromatic heterocycles. The SMILES string of the molecule is C=C(C)COc1ccc(-c2c(CC)sc3nccn23)cc1. The Labute approximate surface area is 128 Å². The number of rotatable bonds is 5. The van der Waals surface area contributed by atoms with Crippen LogP contribution in [0.25, 0.3) is 16.2 Å². The van der Waals surface area contributed by atoms with E-state index >= 15 is 0 Å². The molecule has 0 atom stereocenters. The largest absolute Gasteiger partial charge is 0.489 e. The molecule has 0 saturated heterocycles. The van der Waals surface area contributed by atoms with Gasteiger partial charge in [0.2, 0.25) is 0 Å². The summed E-state index contributed by atoms with van der Waals surface area (Å²) in [5, 5.41) is 0. The lowest BCUT2D eigenvalue weighted by Crippen LogP contribution is -1.97. The van der Waals surface area contributed by atoms with E-state index in [1.807, 2.05) is 31.5 Å². The van der Waals surface area contributed by atoms with Crippen LogP contribution in [0.2, 0.25) is 0 Å². The average Bonchev–Trinajstić information content (AvgIpc) is 3.05. The van der Waals surface area contributed by atoms with Crippen LogP contribution in [0.3, 0.4) is 0 Å². The van der Waals surface area contributed by atoms with Crippen molar-refractivity contribution in [1.82, 2.24) is 9.38 Å². The maximum absolute atomic E-state index is 5.65. The van der Waals surface area contributed by atoms with Crippen LogP contribution in [-0.2, 0) is 6.42 Å². The Morgan fingerprint density at radius 1 is 1.33 bits per heavy atom. The third-order valence-corrected chi connectivity index (χ3v) is 4.47. The highest BCUT2D eigenvalue weighted by Gasteiger charge is 2.13. The van der Waals surface area contributed by atoms with Crippen LogP contribution >= 0.6 is 11.3 Å². The number of aromatic nitrogens is 2. The van der Waals surface area contributed by atoms with Gasteiger partial charge in [0.25, 0.3) is 0 Å². The number of imidazole rings is 1. The van der Waals surface area contributed by atoms with E-state index in [-0.39, 0.29) is 0 Å². The van der Waals surface area contributed by atoms with Gasteiger partial charge in [-0.3, -0.25) is 4.40 Å². The van der Waals surface area contributed by atoms with Gasteiger partial charge in [0.1, 0.15) is 12.4 Å². The zero-order valence-electron chi connectivity index (χ0n) is 12.3. The normalized spacial score (nSPS) is 11.0. The number of hydrogen-bond acceptors (Lipinski definition) is 3. The summed E-state index contributed by atoms with van der Waals surface area (Å²) < 4.78 is 7.81. The molecular weight excluding hydrogens is 280 g/mol. The molecular formula is C17H18N2OS. The zero-order valence-corrected chi connectivity index (χ0v) is 13.1. The van der Waals surface area contributed by atoms with E-state index in [0.29, 0.717) is 6.61 Å². The lowest BCUT2D eigenvalue weighted by Gasteiger charge is -2.08. The molecule has 0 spiro atoms. The summed E-state index contributed by atoms with van der Waals surface area (Å²) in [4.78, 5) is 6.79. The fourth-order valence-corrected chi connectivity index (χ4v) is 3.33. The minimum absolute atomic E-state index is 0.559. The van der Waals surface area contributed by atoms with Crippen LogP contribution in [0.15, 0.2) is 48.8 Å². The second kappa shape index (κ2) is 5.74. The topological polar surface area (TPSA) is 26.5 Å². The predicted octanol–water partition coefficient (Wildman–Crippen LogP) is 4.58. The van der Waals surface area contributed by atoms with Crippen LogP contribution in [0.4, 0.5) is 0 Å². The van der Waals surface area contributed by atoms with Crippen molar-refractivity contribution in [2.45, 2.75) is 20.3 Å². The Kier molecular flexibility index (Phi) is 3.80. The molecule has 1 aromatic carbocycles. The predicted molar refractivity (Wildman–Crippen MR) is 88.2 cm³/mol. The highest BCUT2D eigenvalue weighted by Crippen LogP contribution is 2.32. The first kappa shape index (κ1) is 13.9. The highest BCUT2D eigenvalue weighted by molar-refractivity contribution is 7.17. The lowest BCUT2D eigenvalue weighted by molar-refractivity contribution is 0.353. The van der Waals surface area contributed by atoms with Crippen molar-refractivity contribution in [2.75, 3.05) is 6.61 Å². The van der Waals surface area contributed by atoms with Crippen LogP contribution in [0.1, 0.15) is 18.7 Å². The van der Waals surface area contributed by atoms with E-state index < -0.39 is 0 Å². The summed E-state index contributed by atoms with van der Waals surface area (Å²) >= 11 is 1.75. The maximum atomic E-state index is 5.65. The standard InChI is InChI=1S/C17H18N2OS/c1-4-15-16(19-10-9-18-17(19)21-15)13-5-7-14(8-6-13)20-11-12(2)3/h5-10H,2,4,11H2,1,3H3. The second-order valence-corrected chi connectivity index (χ2v) is 6.14. The van der Waals surface area contributed by atoms with E-state index in [2.05, 4.69) is 35.0 Å². The molecule has 0 aliphatic heterocycles. The van der Waals surface area contributed by atoms with Gasteiger partial charge in [-0.1, -0.05) is 13.5 Å². The first-order chi connectivity index (χ1) is 10.2. The molecule has 0 fully saturated rings. The number of thiazole rings is 1. The van der Waals surface area contributed by atoms with Gasteiger partial charge in [0.15, 0.2) is 4.96 Å². The monoisotopic (exact) mass is 298 g/mol. The van der Waals surface area contributed by atoms with Gasteiger partial charge in [-0.15, -0.1) is 11.3 Å². The Balaban J connectivity index is 1.95. The molecule has 0 amide bonds. The molecule has 108 valence electrons. The van der Waals surface area contributed by atoms with Crippen molar-refractivity contribution >= 4 is 16.3 Å². The van der Waals surface area contributed by atoms with Crippen LogP contribution < -0.4 is 4.74 Å². The summed E-state index contributed by atoms with van der Waals surface area (Å²) in [6.45, 7) is 8.55. The van der Waals surface area contributed by atoms with Crippen molar-refractivity contribution in [2.24, 2.45) is 0 Å². The first-order valence-corrected chi connectivity index (χ1v) is 7.83. The number of ether oxygens (including phenoxy) is 1. The molecule has 0 saturated carbocycles. The quantitative estimate of drug-likeness (QED) is 0.644. The minimum Gasteiger partial charge on any atom is -0.489 e. The molecule has 0 unspecified atom stereocenters. The van der Waals surface area contributed by atoms with Crippen LogP contribution in [-0.4, -0.2) is 16.0 Å². The van der Waals surface area contributed by atoms with E-state index in [0.717, 1.165) is 22.7 Å². The van der Waals surface area contributed by atoms with Gasteiger partial charge in [-0.25, -0.2) is 4.98 Å². The molecule has 0 N–H and O–H groups in total. The van der Waals surface area contributed by atoms with Gasteiger partial charge in [0.05, 0.1) is 5.69 Å². The van der Waals surface area contributed by atoms with E-state index in [9.17, 15) is 0 Å². The Morgan fingerprint density at radius 3 is 2.76 bits per heavy atom. The molecule has 3 aromatic rings. The number of benzene rings is 1. The summed E-state index contributed by atoms with van der Waals surface area (Å²) in [7, 11) is 0. The Morgan fingerprint density at radius 2 is 2.10 bits per heavy atom. The lowest BCUT2D eigenvalue weighted by atomic mass is 10.1. The number of aryl methyl sites for hydroxylation is 1. The van der Waals surface area contributed by atoms with Crippen molar-refractivity contribution in [3.05, 3.63) is 53.7 Å². The molecule has 2 heterocycles.